The second-order valence-electron chi connectivity index (χ2n) is 5.83. The summed E-state index contributed by atoms with van der Waals surface area (Å²) in [5.41, 5.74) is 3.01. The van der Waals surface area contributed by atoms with Gasteiger partial charge in [0.1, 0.15) is 10.6 Å². The molecule has 2 N–H and O–H groups in total. The van der Waals surface area contributed by atoms with Crippen LogP contribution >= 0.6 is 15.9 Å². The van der Waals surface area contributed by atoms with E-state index in [1.165, 1.54) is 26.3 Å². The second kappa shape index (κ2) is 8.86. The van der Waals surface area contributed by atoms with Gasteiger partial charge in [-0.1, -0.05) is 29.8 Å². The molecule has 27 heavy (non-hydrogen) atoms. The molecule has 0 bridgehead atoms. The lowest BCUT2D eigenvalue weighted by Gasteiger charge is -2.16. The largest absolute Gasteiger partial charge is 0.495 e. The maximum Gasteiger partial charge on any atom is 0.255 e. The summed E-state index contributed by atoms with van der Waals surface area (Å²) in [5, 5.41) is 2.94. The normalized spacial score (nSPS) is 11.3. The van der Waals surface area contributed by atoms with Gasteiger partial charge >= 0.3 is 0 Å². The summed E-state index contributed by atoms with van der Waals surface area (Å²) in [5.74, 6) is -0.204. The second-order valence-corrected chi connectivity index (χ2v) is 8.60. The molecule has 0 aromatic heterocycles. The van der Waals surface area contributed by atoms with Crippen molar-refractivity contribution in [3.8, 4) is 5.75 Å². The lowest BCUT2D eigenvalue weighted by molar-refractivity contribution is 0.102. The number of amides is 1. The smallest absolute Gasteiger partial charge is 0.255 e. The predicted molar refractivity (Wildman–Crippen MR) is 110 cm³/mol. The van der Waals surface area contributed by atoms with Gasteiger partial charge in [-0.2, -0.15) is 0 Å². The third kappa shape index (κ3) is 4.69. The number of rotatable bonds is 7. The van der Waals surface area contributed by atoms with Gasteiger partial charge in [-0.05, 0) is 61.3 Å². The molecule has 2 rings (SSSR count). The molecule has 0 unspecified atom stereocenters. The summed E-state index contributed by atoms with van der Waals surface area (Å²) in [6, 6.07) is 8.27. The Kier molecular flexibility index (Phi) is 7.02. The van der Waals surface area contributed by atoms with E-state index in [0.717, 1.165) is 34.1 Å². The summed E-state index contributed by atoms with van der Waals surface area (Å²) < 4.78 is 32.8. The van der Waals surface area contributed by atoms with Crippen LogP contribution < -0.4 is 14.8 Å². The molecule has 6 nitrogen and oxygen atoms in total. The number of methoxy groups -OCH3 is 1. The Balaban J connectivity index is 2.47. The molecule has 2 aromatic rings. The third-order valence-electron chi connectivity index (χ3n) is 4.25. The molecule has 0 fully saturated rings. The standard InChI is InChI=1S/C19H23BrN2O4S/c1-5-12-9-15(20)10-13(6-2)18(12)22-19(23)14-7-8-16(26-4)17(11-14)27(24,25)21-3/h7-11,21H,5-6H2,1-4H3,(H,22,23). The number of carbonyl (C=O) groups excluding carboxylic acids is 1. The molecule has 0 spiro atoms. The summed E-state index contributed by atoms with van der Waals surface area (Å²) in [6.45, 7) is 4.03. The van der Waals surface area contributed by atoms with Crippen LogP contribution in [0.1, 0.15) is 35.3 Å². The van der Waals surface area contributed by atoms with E-state index >= 15 is 0 Å². The Morgan fingerprint density at radius 2 is 1.70 bits per heavy atom. The first kappa shape index (κ1) is 21.4. The molecule has 8 heteroatoms. The fourth-order valence-corrected chi connectivity index (χ4v) is 4.24. The van der Waals surface area contributed by atoms with Crippen LogP contribution in [0.2, 0.25) is 0 Å². The van der Waals surface area contributed by atoms with Crippen LogP contribution in [0.5, 0.6) is 5.75 Å². The Labute approximate surface area is 168 Å². The molecular weight excluding hydrogens is 432 g/mol. The molecule has 1 amide bonds. The molecule has 0 saturated carbocycles. The first-order chi connectivity index (χ1) is 12.8. The van der Waals surface area contributed by atoms with Gasteiger partial charge in [0, 0.05) is 15.7 Å². The number of aryl methyl sites for hydroxylation is 2. The van der Waals surface area contributed by atoms with Crippen molar-refractivity contribution < 1.29 is 17.9 Å². The summed E-state index contributed by atoms with van der Waals surface area (Å²) in [6.07, 6.45) is 1.51. The summed E-state index contributed by atoms with van der Waals surface area (Å²) in [4.78, 5) is 12.7. The highest BCUT2D eigenvalue weighted by molar-refractivity contribution is 9.10. The van der Waals surface area contributed by atoms with Gasteiger partial charge in [0.2, 0.25) is 10.0 Å². The van der Waals surface area contributed by atoms with Gasteiger partial charge in [0.25, 0.3) is 5.91 Å². The highest BCUT2D eigenvalue weighted by Gasteiger charge is 2.21. The van der Waals surface area contributed by atoms with E-state index in [2.05, 4.69) is 26.0 Å². The van der Waals surface area contributed by atoms with Crippen LogP contribution in [0.3, 0.4) is 0 Å². The quantitative estimate of drug-likeness (QED) is 0.666. The number of hydrogen-bond acceptors (Lipinski definition) is 4. The molecule has 0 aliphatic carbocycles. The van der Waals surface area contributed by atoms with Crippen LogP contribution in [-0.2, 0) is 22.9 Å². The maximum atomic E-state index is 12.8. The zero-order chi connectivity index (χ0) is 20.2. The van der Waals surface area contributed by atoms with Crippen LogP contribution in [0.4, 0.5) is 5.69 Å². The highest BCUT2D eigenvalue weighted by Crippen LogP contribution is 2.29. The first-order valence-corrected chi connectivity index (χ1v) is 10.8. The molecule has 0 heterocycles. The summed E-state index contributed by atoms with van der Waals surface area (Å²) in [7, 11) is -1.07. The van der Waals surface area contributed by atoms with Crippen molar-refractivity contribution in [1.29, 1.82) is 0 Å². The fourth-order valence-electron chi connectivity index (χ4n) is 2.77. The average molecular weight is 455 g/mol. The van der Waals surface area contributed by atoms with Gasteiger partial charge in [-0.25, -0.2) is 13.1 Å². The van der Waals surface area contributed by atoms with Crippen molar-refractivity contribution in [1.82, 2.24) is 4.72 Å². The summed E-state index contributed by atoms with van der Waals surface area (Å²) >= 11 is 3.49. The number of halogens is 1. The van der Waals surface area contributed by atoms with Gasteiger partial charge in [0.15, 0.2) is 0 Å². The SMILES string of the molecule is CCc1cc(Br)cc(CC)c1NC(=O)c1ccc(OC)c(S(=O)(=O)NC)c1. The number of nitrogens with one attached hydrogen (secondary N) is 2. The topological polar surface area (TPSA) is 84.5 Å². The van der Waals surface area contributed by atoms with E-state index in [9.17, 15) is 13.2 Å². The molecule has 0 saturated heterocycles. The number of ether oxygens (including phenoxy) is 1. The lowest BCUT2D eigenvalue weighted by atomic mass is 10.0. The van der Waals surface area contributed by atoms with Crippen molar-refractivity contribution in [3.05, 3.63) is 51.5 Å². The molecule has 0 aliphatic heterocycles. The van der Waals surface area contributed by atoms with E-state index in [4.69, 9.17) is 4.74 Å². The van der Waals surface area contributed by atoms with Crippen molar-refractivity contribution in [3.63, 3.8) is 0 Å². The van der Waals surface area contributed by atoms with Crippen LogP contribution in [-0.4, -0.2) is 28.5 Å². The molecule has 0 atom stereocenters. The zero-order valence-corrected chi connectivity index (χ0v) is 18.1. The first-order valence-electron chi connectivity index (χ1n) is 8.51. The molecule has 0 radical (unpaired) electrons. The number of anilines is 1. The van der Waals surface area contributed by atoms with Crippen molar-refractivity contribution in [2.24, 2.45) is 0 Å². The van der Waals surface area contributed by atoms with Crippen molar-refractivity contribution in [2.75, 3.05) is 19.5 Å². The minimum atomic E-state index is -3.76. The molecular formula is C19H23BrN2O4S. The Morgan fingerprint density at radius 1 is 1.11 bits per heavy atom. The van der Waals surface area contributed by atoms with Crippen LogP contribution in [0, 0.1) is 0 Å². The molecule has 146 valence electrons. The van der Waals surface area contributed by atoms with E-state index in [-0.39, 0.29) is 22.1 Å². The van der Waals surface area contributed by atoms with E-state index in [1.807, 2.05) is 26.0 Å². The number of carbonyl (C=O) groups is 1. The molecule has 2 aromatic carbocycles. The maximum absolute atomic E-state index is 12.8. The zero-order valence-electron chi connectivity index (χ0n) is 15.7. The van der Waals surface area contributed by atoms with Gasteiger partial charge in [-0.15, -0.1) is 0 Å². The van der Waals surface area contributed by atoms with Gasteiger partial charge in [0.05, 0.1) is 7.11 Å². The minimum absolute atomic E-state index is 0.0811. The number of hydrogen-bond donors (Lipinski definition) is 2. The van der Waals surface area contributed by atoms with Gasteiger partial charge in [-0.3, -0.25) is 4.79 Å². The van der Waals surface area contributed by atoms with Crippen LogP contribution in [0.25, 0.3) is 0 Å². The van der Waals surface area contributed by atoms with Gasteiger partial charge < -0.3 is 10.1 Å². The monoisotopic (exact) mass is 454 g/mol. The fraction of sp³-hybridized carbons (Fsp3) is 0.316. The Hall–Kier alpha value is -1.90. The number of benzene rings is 2. The Morgan fingerprint density at radius 3 is 2.19 bits per heavy atom. The molecule has 0 aliphatic rings. The van der Waals surface area contributed by atoms with E-state index in [1.54, 1.807) is 6.07 Å². The minimum Gasteiger partial charge on any atom is -0.495 e. The highest BCUT2D eigenvalue weighted by atomic mass is 79.9. The third-order valence-corrected chi connectivity index (χ3v) is 6.14. The van der Waals surface area contributed by atoms with Crippen molar-refractivity contribution in [2.45, 2.75) is 31.6 Å². The van der Waals surface area contributed by atoms with Crippen LogP contribution in [0.15, 0.2) is 39.7 Å². The lowest BCUT2D eigenvalue weighted by Crippen LogP contribution is -2.21. The predicted octanol–water partition coefficient (Wildman–Crippen LogP) is 3.74. The Bertz CT molecular complexity index is 933. The average Bonchev–Trinajstić information content (AvgIpc) is 2.68. The van der Waals surface area contributed by atoms with Crippen molar-refractivity contribution >= 4 is 37.5 Å². The van der Waals surface area contributed by atoms with E-state index < -0.39 is 10.0 Å². The van der Waals surface area contributed by atoms with E-state index in [0.29, 0.717) is 0 Å². The number of sulfonamides is 1.